The molecule has 0 aliphatic heterocycles. The minimum atomic E-state index is -0.700. The lowest BCUT2D eigenvalue weighted by atomic mass is 10.1. The van der Waals surface area contributed by atoms with Crippen molar-refractivity contribution in [2.24, 2.45) is 0 Å². The first-order valence-electron chi connectivity index (χ1n) is 9.75. The van der Waals surface area contributed by atoms with Gasteiger partial charge in [-0.1, -0.05) is 28.1 Å². The average Bonchev–Trinajstić information content (AvgIpc) is 2.82. The molecular formula is C23H16Br2N2O8. The van der Waals surface area contributed by atoms with Crippen LogP contribution in [0.2, 0.25) is 0 Å². The monoisotopic (exact) mass is 606 g/mol. The fourth-order valence-electron chi connectivity index (χ4n) is 2.88. The Kier molecular flexibility index (Phi) is 8.55. The molecule has 0 unspecified atom stereocenters. The summed E-state index contributed by atoms with van der Waals surface area (Å²) in [6.45, 7) is -0.338. The van der Waals surface area contributed by atoms with E-state index in [1.54, 1.807) is 36.4 Å². The van der Waals surface area contributed by atoms with E-state index in [0.29, 0.717) is 15.8 Å². The molecule has 12 heteroatoms. The SMILES string of the molecule is COc1cc(C=Cc2ccc([N+](=O)[O-])cc2[N+](=O)[O-])ccc1OC(=O)COc1ccc(Br)cc1Br. The van der Waals surface area contributed by atoms with Crippen molar-refractivity contribution in [1.29, 1.82) is 0 Å². The molecule has 35 heavy (non-hydrogen) atoms. The topological polar surface area (TPSA) is 131 Å². The van der Waals surface area contributed by atoms with Crippen LogP contribution in [-0.4, -0.2) is 29.5 Å². The highest BCUT2D eigenvalue weighted by Gasteiger charge is 2.18. The van der Waals surface area contributed by atoms with E-state index in [0.717, 1.165) is 10.5 Å². The van der Waals surface area contributed by atoms with E-state index in [1.165, 1.54) is 31.4 Å². The maximum absolute atomic E-state index is 12.3. The minimum absolute atomic E-state index is 0.162. The van der Waals surface area contributed by atoms with E-state index in [-0.39, 0.29) is 29.4 Å². The van der Waals surface area contributed by atoms with Gasteiger partial charge in [0.05, 0.1) is 33.1 Å². The van der Waals surface area contributed by atoms with Crippen LogP contribution in [0.4, 0.5) is 11.4 Å². The van der Waals surface area contributed by atoms with Crippen LogP contribution in [0, 0.1) is 20.2 Å². The highest BCUT2D eigenvalue weighted by Crippen LogP contribution is 2.31. The van der Waals surface area contributed by atoms with Crippen LogP contribution >= 0.6 is 31.9 Å². The van der Waals surface area contributed by atoms with Crippen LogP contribution in [0.5, 0.6) is 17.2 Å². The summed E-state index contributed by atoms with van der Waals surface area (Å²) in [5.74, 6) is 0.235. The van der Waals surface area contributed by atoms with Crippen LogP contribution in [-0.2, 0) is 4.79 Å². The lowest BCUT2D eigenvalue weighted by molar-refractivity contribution is -0.394. The summed E-state index contributed by atoms with van der Waals surface area (Å²) in [4.78, 5) is 33.0. The molecule has 0 aliphatic rings. The van der Waals surface area contributed by atoms with Gasteiger partial charge in [0.15, 0.2) is 18.1 Å². The minimum Gasteiger partial charge on any atom is -0.493 e. The quantitative estimate of drug-likeness (QED) is 0.0924. The van der Waals surface area contributed by atoms with E-state index in [1.807, 2.05) is 0 Å². The van der Waals surface area contributed by atoms with Crippen molar-refractivity contribution in [3.8, 4) is 17.2 Å². The normalized spacial score (nSPS) is 10.7. The van der Waals surface area contributed by atoms with Gasteiger partial charge >= 0.3 is 5.97 Å². The summed E-state index contributed by atoms with van der Waals surface area (Å²) in [6, 6.07) is 13.3. The second-order valence-corrected chi connectivity index (χ2v) is 8.61. The zero-order valence-corrected chi connectivity index (χ0v) is 21.1. The number of halogens is 2. The van der Waals surface area contributed by atoms with E-state index < -0.39 is 21.5 Å². The zero-order chi connectivity index (χ0) is 25.5. The number of ether oxygens (including phenoxy) is 3. The molecule has 3 aromatic carbocycles. The number of benzene rings is 3. The number of carbonyl (C=O) groups is 1. The number of non-ortho nitro benzene ring substituents is 1. The molecular weight excluding hydrogens is 592 g/mol. The van der Waals surface area contributed by atoms with Crippen LogP contribution < -0.4 is 14.2 Å². The number of methoxy groups -OCH3 is 1. The fourth-order valence-corrected chi connectivity index (χ4v) is 4.05. The molecule has 0 saturated carbocycles. The predicted octanol–water partition coefficient (Wildman–Crippen LogP) is 6.19. The van der Waals surface area contributed by atoms with Crippen molar-refractivity contribution in [2.45, 2.75) is 0 Å². The molecule has 0 aliphatic carbocycles. The van der Waals surface area contributed by atoms with E-state index in [2.05, 4.69) is 31.9 Å². The lowest BCUT2D eigenvalue weighted by Gasteiger charge is -2.11. The molecule has 0 spiro atoms. The fraction of sp³-hybridized carbons (Fsp3) is 0.0870. The van der Waals surface area contributed by atoms with E-state index in [9.17, 15) is 25.0 Å². The van der Waals surface area contributed by atoms with Gasteiger partial charge in [0.2, 0.25) is 0 Å². The highest BCUT2D eigenvalue weighted by molar-refractivity contribution is 9.11. The number of rotatable bonds is 9. The van der Waals surface area contributed by atoms with Gasteiger partial charge < -0.3 is 14.2 Å². The number of hydrogen-bond acceptors (Lipinski definition) is 8. The molecule has 0 amide bonds. The first kappa shape index (κ1) is 25.8. The molecule has 0 heterocycles. The highest BCUT2D eigenvalue weighted by atomic mass is 79.9. The zero-order valence-electron chi connectivity index (χ0n) is 18.0. The van der Waals surface area contributed by atoms with Crippen molar-refractivity contribution in [3.63, 3.8) is 0 Å². The molecule has 0 aromatic heterocycles. The molecule has 3 rings (SSSR count). The average molecular weight is 608 g/mol. The molecule has 10 nitrogen and oxygen atoms in total. The number of nitro groups is 2. The summed E-state index contributed by atoms with van der Waals surface area (Å²) in [5, 5.41) is 22.2. The molecule has 3 aromatic rings. The first-order valence-corrected chi connectivity index (χ1v) is 11.3. The van der Waals surface area contributed by atoms with Gasteiger partial charge in [0, 0.05) is 10.5 Å². The third-order valence-electron chi connectivity index (χ3n) is 4.53. The van der Waals surface area contributed by atoms with Gasteiger partial charge in [-0.2, -0.15) is 0 Å². The lowest BCUT2D eigenvalue weighted by Crippen LogP contribution is -2.18. The van der Waals surface area contributed by atoms with Crippen LogP contribution in [0.3, 0.4) is 0 Å². The van der Waals surface area contributed by atoms with Gasteiger partial charge in [-0.15, -0.1) is 0 Å². The van der Waals surface area contributed by atoms with Gasteiger partial charge in [-0.05, 0) is 64.0 Å². The molecule has 0 atom stereocenters. The largest absolute Gasteiger partial charge is 0.493 e. The van der Waals surface area contributed by atoms with Crippen LogP contribution in [0.1, 0.15) is 11.1 Å². The molecule has 0 saturated heterocycles. The van der Waals surface area contributed by atoms with Crippen LogP contribution in [0.15, 0.2) is 63.5 Å². The van der Waals surface area contributed by atoms with Crippen molar-refractivity contribution in [3.05, 3.63) is 94.9 Å². The second-order valence-electron chi connectivity index (χ2n) is 6.84. The Hall–Kier alpha value is -3.77. The number of hydrogen-bond donors (Lipinski definition) is 0. The van der Waals surface area contributed by atoms with Gasteiger partial charge in [0.25, 0.3) is 11.4 Å². The predicted molar refractivity (Wildman–Crippen MR) is 135 cm³/mol. The Morgan fingerprint density at radius 2 is 1.66 bits per heavy atom. The Morgan fingerprint density at radius 1 is 0.914 bits per heavy atom. The van der Waals surface area contributed by atoms with Crippen LogP contribution in [0.25, 0.3) is 12.2 Å². The summed E-state index contributed by atoms with van der Waals surface area (Å²) in [5.41, 5.74) is -0.000740. The van der Waals surface area contributed by atoms with Crippen molar-refractivity contribution < 1.29 is 28.9 Å². The standard InChI is InChI=1S/C23H16Br2N2O8/c1-33-22-10-14(2-4-15-5-7-17(26(29)30)12-19(15)27(31)32)3-8-21(22)35-23(28)13-34-20-9-6-16(24)11-18(20)25/h2-12H,13H2,1H3. The van der Waals surface area contributed by atoms with Crippen molar-refractivity contribution in [1.82, 2.24) is 0 Å². The summed E-state index contributed by atoms with van der Waals surface area (Å²) < 4.78 is 17.6. The molecule has 0 radical (unpaired) electrons. The molecule has 0 N–H and O–H groups in total. The second kappa shape index (κ2) is 11.6. The number of esters is 1. The van der Waals surface area contributed by atoms with Gasteiger partial charge in [-0.25, -0.2) is 4.79 Å². The third kappa shape index (κ3) is 6.87. The molecule has 0 bridgehead atoms. The Balaban J connectivity index is 1.72. The number of carbonyl (C=O) groups excluding carboxylic acids is 1. The molecule has 180 valence electrons. The van der Waals surface area contributed by atoms with Crippen molar-refractivity contribution >= 4 is 61.4 Å². The van der Waals surface area contributed by atoms with E-state index >= 15 is 0 Å². The first-order chi connectivity index (χ1) is 16.7. The Labute approximate surface area is 215 Å². The maximum atomic E-state index is 12.3. The van der Waals surface area contributed by atoms with Gasteiger partial charge in [0.1, 0.15) is 5.75 Å². The van der Waals surface area contributed by atoms with E-state index in [4.69, 9.17) is 14.2 Å². The van der Waals surface area contributed by atoms with Gasteiger partial charge in [-0.3, -0.25) is 20.2 Å². The summed E-state index contributed by atoms with van der Waals surface area (Å²) in [7, 11) is 1.40. The molecule has 0 fully saturated rings. The maximum Gasteiger partial charge on any atom is 0.349 e. The number of nitrogens with zero attached hydrogens (tertiary/aromatic N) is 2. The third-order valence-corrected chi connectivity index (χ3v) is 5.64. The van der Waals surface area contributed by atoms with Crippen molar-refractivity contribution in [2.75, 3.05) is 13.7 Å². The summed E-state index contributed by atoms with van der Waals surface area (Å²) >= 11 is 6.68. The Morgan fingerprint density at radius 3 is 2.31 bits per heavy atom. The summed E-state index contributed by atoms with van der Waals surface area (Å²) in [6.07, 6.45) is 3.02. The Bertz CT molecular complexity index is 1330. The number of nitro benzene ring substituents is 2. The smallest absolute Gasteiger partial charge is 0.349 e.